The zero-order chi connectivity index (χ0) is 16.0. The summed E-state index contributed by atoms with van der Waals surface area (Å²) in [4.78, 5) is 0. The van der Waals surface area contributed by atoms with Gasteiger partial charge in [-0.1, -0.05) is 31.2 Å². The molecule has 2 aromatic carbocycles. The van der Waals surface area contributed by atoms with Gasteiger partial charge in [-0.05, 0) is 55.7 Å². The molecule has 2 aromatic rings. The van der Waals surface area contributed by atoms with Crippen molar-refractivity contribution in [3.63, 3.8) is 0 Å². The van der Waals surface area contributed by atoms with Crippen LogP contribution < -0.4 is 10.1 Å². The fraction of sp³-hybridized carbons (Fsp3) is 0.368. The first-order valence-electron chi connectivity index (χ1n) is 7.70. The van der Waals surface area contributed by atoms with Crippen LogP contribution in [0, 0.1) is 5.82 Å². The summed E-state index contributed by atoms with van der Waals surface area (Å²) in [6.07, 6.45) is 1.08. The topological polar surface area (TPSA) is 21.3 Å². The Bertz CT molecular complexity index is 599. The lowest BCUT2D eigenvalue weighted by atomic mass is 10.0. The second kappa shape index (κ2) is 8.90. The van der Waals surface area contributed by atoms with Gasteiger partial charge in [0.2, 0.25) is 0 Å². The van der Waals surface area contributed by atoms with E-state index < -0.39 is 0 Å². The van der Waals surface area contributed by atoms with E-state index in [-0.39, 0.29) is 23.8 Å². The van der Waals surface area contributed by atoms with E-state index in [4.69, 9.17) is 4.74 Å². The van der Waals surface area contributed by atoms with E-state index >= 15 is 0 Å². The molecule has 0 saturated heterocycles. The van der Waals surface area contributed by atoms with E-state index in [1.807, 2.05) is 18.2 Å². The Hall–Kier alpha value is -1.58. The minimum atomic E-state index is -0.227. The summed E-state index contributed by atoms with van der Waals surface area (Å²) in [6, 6.07) is 14.5. The van der Waals surface area contributed by atoms with Gasteiger partial charge in [0.05, 0.1) is 0 Å². The van der Waals surface area contributed by atoms with Gasteiger partial charge in [0.15, 0.2) is 0 Å². The Morgan fingerprint density at radius 1 is 1.04 bits per heavy atom. The van der Waals surface area contributed by atoms with Gasteiger partial charge in [0.25, 0.3) is 0 Å². The lowest BCUT2D eigenvalue weighted by Gasteiger charge is -2.24. The third-order valence-electron chi connectivity index (χ3n) is 3.87. The smallest absolute Gasteiger partial charge is 0.123 e. The van der Waals surface area contributed by atoms with Crippen molar-refractivity contribution < 1.29 is 9.13 Å². The Morgan fingerprint density at radius 2 is 1.74 bits per heavy atom. The molecule has 0 aliphatic carbocycles. The largest absolute Gasteiger partial charge is 0.489 e. The fourth-order valence-corrected chi connectivity index (χ4v) is 1.96. The normalized spacial score (nSPS) is 11.0. The number of ether oxygens (including phenoxy) is 1. The lowest BCUT2D eigenvalue weighted by molar-refractivity contribution is 0.305. The minimum Gasteiger partial charge on any atom is -0.489 e. The van der Waals surface area contributed by atoms with Crippen LogP contribution in [0.1, 0.15) is 38.3 Å². The molecule has 0 aliphatic heterocycles. The highest BCUT2D eigenvalue weighted by molar-refractivity contribution is 5.85. The van der Waals surface area contributed by atoms with E-state index in [0.717, 1.165) is 24.3 Å². The zero-order valence-corrected chi connectivity index (χ0v) is 14.8. The minimum absolute atomic E-state index is 0. The first-order chi connectivity index (χ1) is 10.5. The molecule has 0 spiro atoms. The molecule has 0 aliphatic rings. The third kappa shape index (κ3) is 6.59. The molecule has 0 atom stereocenters. The van der Waals surface area contributed by atoms with E-state index in [1.54, 1.807) is 12.1 Å². The molecular formula is C19H25ClFNO. The van der Waals surface area contributed by atoms with Crippen molar-refractivity contribution in [3.8, 4) is 5.75 Å². The van der Waals surface area contributed by atoms with Crippen LogP contribution in [0.5, 0.6) is 5.75 Å². The molecule has 1 N–H and O–H groups in total. The van der Waals surface area contributed by atoms with Gasteiger partial charge >= 0.3 is 0 Å². The number of nitrogens with one attached hydrogen (secondary N) is 1. The van der Waals surface area contributed by atoms with E-state index in [2.05, 4.69) is 32.2 Å². The summed E-state index contributed by atoms with van der Waals surface area (Å²) >= 11 is 0. The number of halogens is 2. The molecule has 0 aromatic heterocycles. The number of benzene rings is 2. The molecule has 0 unspecified atom stereocenters. The van der Waals surface area contributed by atoms with E-state index in [9.17, 15) is 4.39 Å². The predicted octanol–water partition coefficient (Wildman–Crippen LogP) is 5.10. The highest BCUT2D eigenvalue weighted by atomic mass is 35.5. The number of hydrogen-bond acceptors (Lipinski definition) is 2. The van der Waals surface area contributed by atoms with Crippen LogP contribution >= 0.6 is 12.4 Å². The number of rotatable bonds is 7. The molecule has 4 heteroatoms. The molecule has 0 heterocycles. The standard InChI is InChI=1S/C19H24FNO.ClH/c1-4-19(2,3)21-13-16-6-5-7-18(12-16)22-14-15-8-10-17(20)11-9-15;/h5-12,21H,4,13-14H2,1-3H3;1H. The third-order valence-corrected chi connectivity index (χ3v) is 3.87. The zero-order valence-electron chi connectivity index (χ0n) is 13.9. The molecule has 0 radical (unpaired) electrons. The summed E-state index contributed by atoms with van der Waals surface area (Å²) in [6.45, 7) is 7.82. The van der Waals surface area contributed by atoms with Crippen LogP contribution in [0.25, 0.3) is 0 Å². The second-order valence-corrected chi connectivity index (χ2v) is 6.15. The van der Waals surface area contributed by atoms with Crippen LogP contribution in [0.3, 0.4) is 0 Å². The van der Waals surface area contributed by atoms with Crippen molar-refractivity contribution in [2.24, 2.45) is 0 Å². The summed E-state index contributed by atoms with van der Waals surface area (Å²) in [5.41, 5.74) is 2.28. The van der Waals surface area contributed by atoms with Crippen molar-refractivity contribution in [1.29, 1.82) is 0 Å². The average Bonchev–Trinajstić information content (AvgIpc) is 2.53. The quantitative estimate of drug-likeness (QED) is 0.758. The predicted molar refractivity (Wildman–Crippen MR) is 95.6 cm³/mol. The molecule has 0 saturated carbocycles. The highest BCUT2D eigenvalue weighted by Crippen LogP contribution is 2.17. The summed E-state index contributed by atoms with van der Waals surface area (Å²) in [7, 11) is 0. The van der Waals surface area contributed by atoms with Crippen LogP contribution in [0.15, 0.2) is 48.5 Å². The van der Waals surface area contributed by atoms with E-state index in [1.165, 1.54) is 17.7 Å². The Balaban J connectivity index is 0.00000264. The fourth-order valence-electron chi connectivity index (χ4n) is 1.96. The maximum absolute atomic E-state index is 12.9. The van der Waals surface area contributed by atoms with Gasteiger partial charge in [-0.15, -0.1) is 12.4 Å². The van der Waals surface area contributed by atoms with Crippen molar-refractivity contribution in [1.82, 2.24) is 5.32 Å². The number of hydrogen-bond donors (Lipinski definition) is 1. The molecule has 2 nitrogen and oxygen atoms in total. The van der Waals surface area contributed by atoms with Gasteiger partial charge in [0, 0.05) is 12.1 Å². The van der Waals surface area contributed by atoms with Crippen molar-refractivity contribution in [2.75, 3.05) is 0 Å². The van der Waals surface area contributed by atoms with E-state index in [0.29, 0.717) is 6.61 Å². The molecule has 2 rings (SSSR count). The Labute approximate surface area is 144 Å². The second-order valence-electron chi connectivity index (χ2n) is 6.15. The molecular weight excluding hydrogens is 313 g/mol. The highest BCUT2D eigenvalue weighted by Gasteiger charge is 2.13. The molecule has 23 heavy (non-hydrogen) atoms. The first kappa shape index (κ1) is 19.5. The lowest BCUT2D eigenvalue weighted by Crippen LogP contribution is -2.37. The molecule has 0 bridgehead atoms. The SMILES string of the molecule is CCC(C)(C)NCc1cccc(OCc2ccc(F)cc2)c1.Cl. The van der Waals surface area contributed by atoms with Crippen LogP contribution in [-0.2, 0) is 13.2 Å². The maximum Gasteiger partial charge on any atom is 0.123 e. The van der Waals surface area contributed by atoms with Gasteiger partial charge in [-0.3, -0.25) is 0 Å². The van der Waals surface area contributed by atoms with Crippen LogP contribution in [0.2, 0.25) is 0 Å². The summed E-state index contributed by atoms with van der Waals surface area (Å²) in [5, 5.41) is 3.53. The van der Waals surface area contributed by atoms with Gasteiger partial charge in [0.1, 0.15) is 18.2 Å². The van der Waals surface area contributed by atoms with Crippen LogP contribution in [0.4, 0.5) is 4.39 Å². The monoisotopic (exact) mass is 337 g/mol. The maximum atomic E-state index is 12.9. The van der Waals surface area contributed by atoms with Gasteiger partial charge in [-0.25, -0.2) is 4.39 Å². The molecule has 0 amide bonds. The Morgan fingerprint density at radius 3 is 2.39 bits per heavy atom. The average molecular weight is 338 g/mol. The Kier molecular flexibility index (Phi) is 7.53. The van der Waals surface area contributed by atoms with Crippen LogP contribution in [-0.4, -0.2) is 5.54 Å². The summed E-state index contributed by atoms with van der Waals surface area (Å²) < 4.78 is 18.6. The molecule has 126 valence electrons. The first-order valence-corrected chi connectivity index (χ1v) is 7.70. The van der Waals surface area contributed by atoms with Crippen molar-refractivity contribution >= 4 is 12.4 Å². The van der Waals surface area contributed by atoms with Gasteiger partial charge < -0.3 is 10.1 Å². The molecule has 0 fully saturated rings. The summed E-state index contributed by atoms with van der Waals surface area (Å²) in [5.74, 6) is 0.605. The van der Waals surface area contributed by atoms with Gasteiger partial charge in [-0.2, -0.15) is 0 Å². The van der Waals surface area contributed by atoms with Crippen molar-refractivity contribution in [2.45, 2.75) is 45.9 Å². The van der Waals surface area contributed by atoms with Crippen molar-refractivity contribution in [3.05, 3.63) is 65.5 Å².